The summed E-state index contributed by atoms with van der Waals surface area (Å²) in [7, 11) is -4.30. The summed E-state index contributed by atoms with van der Waals surface area (Å²) in [5.74, 6) is 0. The van der Waals surface area contributed by atoms with Crippen molar-refractivity contribution in [3.8, 4) is 0 Å². The van der Waals surface area contributed by atoms with E-state index < -0.39 is 7.82 Å². The Labute approximate surface area is 97.4 Å². The summed E-state index contributed by atoms with van der Waals surface area (Å²) in [6.45, 7) is 6.70. The maximum absolute atomic E-state index is 10.1. The lowest BCUT2D eigenvalue weighted by Crippen LogP contribution is -2.06. The molecule has 0 aliphatic heterocycles. The molecule has 0 atom stereocenters. The Morgan fingerprint density at radius 3 is 2.12 bits per heavy atom. The minimum absolute atomic E-state index is 0.0615. The van der Waals surface area contributed by atoms with Gasteiger partial charge in [-0.05, 0) is 12.5 Å². The number of rotatable bonds is 7. The minimum Gasteiger partial charge on any atom is -0.379 e. The largest absolute Gasteiger partial charge is 0.469 e. The zero-order valence-electron chi connectivity index (χ0n) is 10.3. The molecule has 0 aromatic rings. The van der Waals surface area contributed by atoms with E-state index in [1.807, 2.05) is 20.8 Å². The van der Waals surface area contributed by atoms with Crippen LogP contribution in [0, 0.1) is 0 Å². The van der Waals surface area contributed by atoms with Crippen LogP contribution in [0.2, 0.25) is 0 Å². The summed E-state index contributed by atoms with van der Waals surface area (Å²) in [5.41, 5.74) is 5.11. The molecule has 0 amide bonds. The molecule has 7 heteroatoms. The summed E-state index contributed by atoms with van der Waals surface area (Å²) in [5, 5.41) is 0. The summed E-state index contributed by atoms with van der Waals surface area (Å²) in [4.78, 5) is 16.5. The van der Waals surface area contributed by atoms with E-state index in [4.69, 9.17) is 20.3 Å². The maximum atomic E-state index is 10.1. The number of ether oxygens (including phenoxy) is 1. The van der Waals surface area contributed by atoms with Crippen molar-refractivity contribution in [2.24, 2.45) is 5.73 Å². The van der Waals surface area contributed by atoms with E-state index >= 15 is 0 Å². The van der Waals surface area contributed by atoms with Crippen molar-refractivity contribution in [2.45, 2.75) is 39.7 Å². The highest BCUT2D eigenvalue weighted by Crippen LogP contribution is 2.35. The van der Waals surface area contributed by atoms with Crippen LogP contribution in [-0.4, -0.2) is 35.6 Å². The van der Waals surface area contributed by atoms with E-state index in [-0.39, 0.29) is 13.2 Å². The van der Waals surface area contributed by atoms with E-state index in [1.54, 1.807) is 0 Å². The first-order valence-corrected chi connectivity index (χ1v) is 6.86. The van der Waals surface area contributed by atoms with Crippen LogP contribution in [0.4, 0.5) is 0 Å². The number of nitrogens with two attached hydrogens (primary N) is 1. The second kappa shape index (κ2) is 11.5. The Bertz CT molecular complexity index is 180. The molecule has 0 aliphatic carbocycles. The van der Waals surface area contributed by atoms with Crippen LogP contribution in [0.5, 0.6) is 0 Å². The molecule has 0 fully saturated rings. The van der Waals surface area contributed by atoms with Crippen molar-refractivity contribution >= 4 is 7.82 Å². The Hall–Kier alpha value is 0.0300. The molecule has 0 aromatic carbocycles. The topological polar surface area (TPSA) is 102 Å². The Morgan fingerprint density at radius 2 is 1.75 bits per heavy atom. The first-order valence-electron chi connectivity index (χ1n) is 5.33. The molecule has 0 heterocycles. The standard InChI is InChI=1S/C6H15O5P.C3H9N/c1-2-3-4-10-5-6-11-12(7,8)9;1-3(2)4/h2-6H2,1H3,(H2,7,8,9);3H,4H2,1-2H3. The molecular weight excluding hydrogens is 233 g/mol. The van der Waals surface area contributed by atoms with Gasteiger partial charge >= 0.3 is 7.82 Å². The van der Waals surface area contributed by atoms with Gasteiger partial charge in [0.05, 0.1) is 13.2 Å². The molecule has 16 heavy (non-hydrogen) atoms. The summed E-state index contributed by atoms with van der Waals surface area (Å²) in [6, 6.07) is 0.333. The van der Waals surface area contributed by atoms with Gasteiger partial charge in [-0.1, -0.05) is 27.2 Å². The van der Waals surface area contributed by atoms with Crippen molar-refractivity contribution in [2.75, 3.05) is 19.8 Å². The van der Waals surface area contributed by atoms with Crippen molar-refractivity contribution in [3.63, 3.8) is 0 Å². The molecule has 0 bridgehead atoms. The average Bonchev–Trinajstić information content (AvgIpc) is 2.08. The molecule has 0 spiro atoms. The van der Waals surface area contributed by atoms with Crippen LogP contribution in [0.25, 0.3) is 0 Å². The van der Waals surface area contributed by atoms with Gasteiger partial charge in [0.2, 0.25) is 0 Å². The summed E-state index contributed by atoms with van der Waals surface area (Å²) < 4.78 is 19.3. The average molecular weight is 257 g/mol. The van der Waals surface area contributed by atoms with Crippen LogP contribution in [-0.2, 0) is 13.8 Å². The van der Waals surface area contributed by atoms with Crippen molar-refractivity contribution in [3.05, 3.63) is 0 Å². The van der Waals surface area contributed by atoms with Gasteiger partial charge in [-0.2, -0.15) is 0 Å². The quantitative estimate of drug-likeness (QED) is 0.469. The van der Waals surface area contributed by atoms with Gasteiger partial charge in [0, 0.05) is 6.61 Å². The highest BCUT2D eigenvalue weighted by atomic mass is 31.2. The van der Waals surface area contributed by atoms with Crippen molar-refractivity contribution in [1.29, 1.82) is 0 Å². The number of hydrogen-bond donors (Lipinski definition) is 3. The molecule has 0 rings (SSSR count). The number of phosphoric acid groups is 1. The van der Waals surface area contributed by atoms with Gasteiger partial charge in [0.1, 0.15) is 0 Å². The summed E-state index contributed by atoms with van der Waals surface area (Å²) >= 11 is 0. The second-order valence-corrected chi connectivity index (χ2v) is 4.77. The molecule has 0 unspecified atom stereocenters. The molecule has 0 saturated carbocycles. The first-order chi connectivity index (χ1) is 7.29. The molecule has 0 aromatic heterocycles. The van der Waals surface area contributed by atoms with Crippen LogP contribution in [0.1, 0.15) is 33.6 Å². The lowest BCUT2D eigenvalue weighted by molar-refractivity contribution is 0.0839. The Kier molecular flexibility index (Phi) is 13.2. The van der Waals surface area contributed by atoms with Gasteiger partial charge in [-0.15, -0.1) is 0 Å². The molecule has 0 saturated heterocycles. The number of phosphoric ester groups is 1. The van der Waals surface area contributed by atoms with Crippen LogP contribution < -0.4 is 5.73 Å². The van der Waals surface area contributed by atoms with E-state index in [2.05, 4.69) is 4.52 Å². The molecule has 0 radical (unpaired) electrons. The van der Waals surface area contributed by atoms with Gasteiger partial charge in [0.15, 0.2) is 0 Å². The fourth-order valence-corrected chi connectivity index (χ4v) is 0.876. The van der Waals surface area contributed by atoms with Gasteiger partial charge in [0.25, 0.3) is 0 Å². The highest BCUT2D eigenvalue weighted by molar-refractivity contribution is 7.46. The van der Waals surface area contributed by atoms with Crippen LogP contribution >= 0.6 is 7.82 Å². The maximum Gasteiger partial charge on any atom is 0.469 e. The van der Waals surface area contributed by atoms with Gasteiger partial charge in [-0.25, -0.2) is 4.57 Å². The van der Waals surface area contributed by atoms with Crippen molar-refractivity contribution < 1.29 is 23.6 Å². The van der Waals surface area contributed by atoms with Crippen molar-refractivity contribution in [1.82, 2.24) is 0 Å². The smallest absolute Gasteiger partial charge is 0.379 e. The fourth-order valence-electron chi connectivity index (χ4n) is 0.564. The molecule has 0 aliphatic rings. The van der Waals surface area contributed by atoms with E-state index in [0.29, 0.717) is 12.6 Å². The lowest BCUT2D eigenvalue weighted by atomic mass is 10.4. The third kappa shape index (κ3) is 29.2. The van der Waals surface area contributed by atoms with Gasteiger partial charge < -0.3 is 20.3 Å². The summed E-state index contributed by atoms with van der Waals surface area (Å²) in [6.07, 6.45) is 2.00. The molecule has 6 nitrogen and oxygen atoms in total. The highest BCUT2D eigenvalue weighted by Gasteiger charge is 2.12. The molecule has 100 valence electrons. The third-order valence-electron chi connectivity index (χ3n) is 1.13. The SMILES string of the molecule is CC(C)N.CCCCOCCOP(=O)(O)O. The number of hydrogen-bond acceptors (Lipinski definition) is 4. The third-order valence-corrected chi connectivity index (χ3v) is 1.65. The van der Waals surface area contributed by atoms with Crippen LogP contribution in [0.15, 0.2) is 0 Å². The minimum atomic E-state index is -4.30. The van der Waals surface area contributed by atoms with Crippen LogP contribution in [0.3, 0.4) is 0 Å². The lowest BCUT2D eigenvalue weighted by Gasteiger charge is -2.05. The monoisotopic (exact) mass is 257 g/mol. The van der Waals surface area contributed by atoms with Gasteiger partial charge in [-0.3, -0.25) is 4.52 Å². The molecule has 4 N–H and O–H groups in total. The zero-order valence-corrected chi connectivity index (χ0v) is 11.2. The fraction of sp³-hybridized carbons (Fsp3) is 1.00. The number of unbranched alkanes of at least 4 members (excludes halogenated alkanes) is 1. The second-order valence-electron chi connectivity index (χ2n) is 3.53. The van der Waals surface area contributed by atoms with E-state index in [0.717, 1.165) is 12.8 Å². The predicted octanol–water partition coefficient (Wildman–Crippen LogP) is 1.27. The first kappa shape index (κ1) is 18.4. The Morgan fingerprint density at radius 1 is 1.25 bits per heavy atom. The molecular formula is C9H24NO5P. The van der Waals surface area contributed by atoms with E-state index in [1.165, 1.54) is 0 Å². The predicted molar refractivity (Wildman–Crippen MR) is 63.0 cm³/mol. The normalized spacial score (nSPS) is 11.2. The van der Waals surface area contributed by atoms with E-state index in [9.17, 15) is 4.57 Å². The Balaban J connectivity index is 0. The zero-order chi connectivity index (χ0) is 13.0.